The van der Waals surface area contributed by atoms with Crippen molar-refractivity contribution in [1.29, 1.82) is 0 Å². The van der Waals surface area contributed by atoms with Crippen molar-refractivity contribution < 1.29 is 8.91 Å². The number of hydrogen-bond acceptors (Lipinski definition) is 4. The average molecular weight is 300 g/mol. The van der Waals surface area contributed by atoms with E-state index in [4.69, 9.17) is 10.3 Å². The van der Waals surface area contributed by atoms with E-state index in [1.54, 1.807) is 12.1 Å². The fraction of sp³-hybridized carbons (Fsp3) is 0.273. The summed E-state index contributed by atoms with van der Waals surface area (Å²) in [6.07, 6.45) is 1.42. The smallest absolute Gasteiger partial charge is 0.260 e. The van der Waals surface area contributed by atoms with Gasteiger partial charge in [-0.2, -0.15) is 4.98 Å². The number of rotatable bonds is 4. The van der Waals surface area contributed by atoms with Crippen molar-refractivity contribution >= 4 is 15.9 Å². The van der Waals surface area contributed by atoms with Crippen LogP contribution in [-0.4, -0.2) is 16.7 Å². The van der Waals surface area contributed by atoms with Crippen molar-refractivity contribution in [2.75, 3.05) is 6.54 Å². The van der Waals surface area contributed by atoms with E-state index in [1.165, 1.54) is 6.07 Å². The van der Waals surface area contributed by atoms with E-state index in [1.807, 2.05) is 0 Å². The van der Waals surface area contributed by atoms with Crippen LogP contribution < -0.4 is 5.73 Å². The molecule has 2 rings (SSSR count). The molecule has 0 saturated heterocycles. The number of hydrogen-bond donors (Lipinski definition) is 1. The molecule has 0 atom stereocenters. The summed E-state index contributed by atoms with van der Waals surface area (Å²) in [6.45, 7) is 0.566. The highest BCUT2D eigenvalue weighted by Crippen LogP contribution is 2.24. The summed E-state index contributed by atoms with van der Waals surface area (Å²) in [7, 11) is 0. The molecule has 0 bridgehead atoms. The summed E-state index contributed by atoms with van der Waals surface area (Å²) < 4.78 is 19.3. The van der Waals surface area contributed by atoms with Gasteiger partial charge < -0.3 is 10.3 Å². The van der Waals surface area contributed by atoms with Crippen LogP contribution in [0.1, 0.15) is 12.2 Å². The summed E-state index contributed by atoms with van der Waals surface area (Å²) in [5.41, 5.74) is 5.69. The zero-order valence-electron chi connectivity index (χ0n) is 8.99. The number of aryl methyl sites for hydroxylation is 1. The van der Waals surface area contributed by atoms with Crippen molar-refractivity contribution in [3.63, 3.8) is 0 Å². The third-order valence-electron chi connectivity index (χ3n) is 2.23. The van der Waals surface area contributed by atoms with Crippen LogP contribution in [0.3, 0.4) is 0 Å². The Morgan fingerprint density at radius 3 is 2.94 bits per heavy atom. The molecule has 1 aromatic heterocycles. The van der Waals surface area contributed by atoms with E-state index in [2.05, 4.69) is 26.1 Å². The zero-order valence-corrected chi connectivity index (χ0v) is 10.6. The minimum Gasteiger partial charge on any atom is -0.334 e. The van der Waals surface area contributed by atoms with Gasteiger partial charge in [0.2, 0.25) is 0 Å². The van der Waals surface area contributed by atoms with Crippen molar-refractivity contribution in [1.82, 2.24) is 10.1 Å². The molecule has 1 aromatic carbocycles. The molecular formula is C11H11BrFN3O. The molecule has 90 valence electrons. The second-order valence-corrected chi connectivity index (χ2v) is 4.45. The van der Waals surface area contributed by atoms with E-state index in [0.717, 1.165) is 6.42 Å². The molecule has 4 nitrogen and oxygen atoms in total. The Balaban J connectivity index is 2.24. The van der Waals surface area contributed by atoms with Crippen LogP contribution in [0, 0.1) is 5.82 Å². The zero-order chi connectivity index (χ0) is 12.3. The highest BCUT2D eigenvalue weighted by atomic mass is 79.9. The highest BCUT2D eigenvalue weighted by Gasteiger charge is 2.13. The Labute approximate surface area is 106 Å². The molecule has 2 N–H and O–H groups in total. The summed E-state index contributed by atoms with van der Waals surface area (Å²) in [5.74, 6) is 0.350. The Kier molecular flexibility index (Phi) is 3.86. The summed E-state index contributed by atoms with van der Waals surface area (Å²) >= 11 is 3.19. The van der Waals surface area contributed by atoms with Crippen LogP contribution in [0.25, 0.3) is 11.5 Å². The van der Waals surface area contributed by atoms with Crippen molar-refractivity contribution in [2.45, 2.75) is 12.8 Å². The summed E-state index contributed by atoms with van der Waals surface area (Å²) in [4.78, 5) is 4.12. The maximum Gasteiger partial charge on any atom is 0.260 e. The van der Waals surface area contributed by atoms with E-state index in [-0.39, 0.29) is 5.89 Å². The quantitative estimate of drug-likeness (QED) is 0.942. The lowest BCUT2D eigenvalue weighted by Crippen LogP contribution is -2.01. The molecule has 0 amide bonds. The second-order valence-electron chi connectivity index (χ2n) is 3.53. The van der Waals surface area contributed by atoms with Gasteiger partial charge in [-0.25, -0.2) is 4.39 Å². The van der Waals surface area contributed by atoms with Crippen LogP contribution in [0.2, 0.25) is 0 Å². The van der Waals surface area contributed by atoms with Gasteiger partial charge in [0.15, 0.2) is 5.82 Å². The standard InChI is InChI=1S/C11H11BrFN3O/c12-7-3-4-8(9(13)6-7)11-15-10(16-17-11)2-1-5-14/h3-4,6H,1-2,5,14H2. The number of benzene rings is 1. The van der Waals surface area contributed by atoms with Gasteiger partial charge in [0, 0.05) is 10.9 Å². The van der Waals surface area contributed by atoms with Gasteiger partial charge in [-0.1, -0.05) is 21.1 Å². The first kappa shape index (κ1) is 12.2. The van der Waals surface area contributed by atoms with Gasteiger partial charge in [-0.05, 0) is 31.2 Å². The number of aromatic nitrogens is 2. The van der Waals surface area contributed by atoms with Gasteiger partial charge in [0.1, 0.15) is 5.82 Å². The minimum absolute atomic E-state index is 0.196. The predicted molar refractivity (Wildman–Crippen MR) is 64.8 cm³/mol. The molecule has 0 unspecified atom stereocenters. The van der Waals surface area contributed by atoms with Crippen molar-refractivity contribution in [3.8, 4) is 11.5 Å². The largest absolute Gasteiger partial charge is 0.334 e. The normalized spacial score (nSPS) is 10.8. The monoisotopic (exact) mass is 299 g/mol. The number of nitrogens with two attached hydrogens (primary N) is 1. The molecule has 0 radical (unpaired) electrons. The van der Waals surface area contributed by atoms with Gasteiger partial charge in [-0.3, -0.25) is 0 Å². The molecule has 17 heavy (non-hydrogen) atoms. The lowest BCUT2D eigenvalue weighted by molar-refractivity contribution is 0.419. The molecule has 6 heteroatoms. The van der Waals surface area contributed by atoms with E-state index in [9.17, 15) is 4.39 Å². The minimum atomic E-state index is -0.395. The lowest BCUT2D eigenvalue weighted by Gasteiger charge is -1.97. The van der Waals surface area contributed by atoms with Crippen LogP contribution in [0.5, 0.6) is 0 Å². The first-order valence-corrected chi connectivity index (χ1v) is 5.98. The third-order valence-corrected chi connectivity index (χ3v) is 2.73. The number of halogens is 2. The lowest BCUT2D eigenvalue weighted by atomic mass is 10.2. The molecule has 0 fully saturated rings. The maximum atomic E-state index is 13.6. The average Bonchev–Trinajstić information content (AvgIpc) is 2.75. The Bertz CT molecular complexity index is 515. The number of nitrogens with zero attached hydrogens (tertiary/aromatic N) is 2. The summed E-state index contributed by atoms with van der Waals surface area (Å²) in [5, 5.41) is 3.77. The van der Waals surface area contributed by atoms with Gasteiger partial charge in [-0.15, -0.1) is 0 Å². The SMILES string of the molecule is NCCCc1noc(-c2ccc(Br)cc2F)n1. The fourth-order valence-electron chi connectivity index (χ4n) is 1.39. The molecule has 0 spiro atoms. The van der Waals surface area contributed by atoms with Crippen molar-refractivity contribution in [2.24, 2.45) is 5.73 Å². The van der Waals surface area contributed by atoms with Crippen LogP contribution in [0.4, 0.5) is 4.39 Å². The van der Waals surface area contributed by atoms with E-state index in [0.29, 0.717) is 28.8 Å². The third kappa shape index (κ3) is 2.89. The van der Waals surface area contributed by atoms with Gasteiger partial charge in [0.05, 0.1) is 5.56 Å². The van der Waals surface area contributed by atoms with E-state index < -0.39 is 5.82 Å². The first-order chi connectivity index (χ1) is 8.20. The Morgan fingerprint density at radius 1 is 1.41 bits per heavy atom. The second kappa shape index (κ2) is 5.37. The van der Waals surface area contributed by atoms with Crippen LogP contribution in [0.15, 0.2) is 27.2 Å². The molecule has 1 heterocycles. The Morgan fingerprint density at radius 2 is 2.24 bits per heavy atom. The molecule has 0 aliphatic rings. The highest BCUT2D eigenvalue weighted by molar-refractivity contribution is 9.10. The van der Waals surface area contributed by atoms with Crippen LogP contribution in [-0.2, 0) is 6.42 Å². The topological polar surface area (TPSA) is 64.9 Å². The molecular weight excluding hydrogens is 289 g/mol. The first-order valence-electron chi connectivity index (χ1n) is 5.19. The molecule has 0 aliphatic heterocycles. The molecule has 0 aliphatic carbocycles. The molecule has 2 aromatic rings. The maximum absolute atomic E-state index is 13.6. The van der Waals surface area contributed by atoms with Gasteiger partial charge >= 0.3 is 0 Å². The molecule has 0 saturated carbocycles. The van der Waals surface area contributed by atoms with Crippen LogP contribution >= 0.6 is 15.9 Å². The van der Waals surface area contributed by atoms with E-state index >= 15 is 0 Å². The summed E-state index contributed by atoms with van der Waals surface area (Å²) in [6, 6.07) is 4.68. The van der Waals surface area contributed by atoms with Gasteiger partial charge in [0.25, 0.3) is 5.89 Å². The Hall–Kier alpha value is -1.27. The fourth-order valence-corrected chi connectivity index (χ4v) is 1.72. The predicted octanol–water partition coefficient (Wildman–Crippen LogP) is 2.53. The van der Waals surface area contributed by atoms with Crippen molar-refractivity contribution in [3.05, 3.63) is 34.3 Å².